The maximum Gasteiger partial charge on any atom is 0.235 e. The number of amides is 1. The summed E-state index contributed by atoms with van der Waals surface area (Å²) in [6.07, 6.45) is 4.76. The van der Waals surface area contributed by atoms with E-state index in [2.05, 4.69) is 6.92 Å². The first kappa shape index (κ1) is 13.7. The predicted octanol–water partition coefficient (Wildman–Crippen LogP) is 1.06. The summed E-state index contributed by atoms with van der Waals surface area (Å²) in [6.45, 7) is 2.52. The van der Waals surface area contributed by atoms with E-state index in [1.807, 2.05) is 4.90 Å². The summed E-state index contributed by atoms with van der Waals surface area (Å²) < 4.78 is 0. The standard InChI is InChI=1S/C13H22N2O2S/c1-9-7-13(8-9,11(14)18)12(17)15(5-6-16)10-3-2-4-10/h9-10,16H,2-8H2,1H3,(H2,14,18). The molecule has 0 radical (unpaired) electrons. The second-order valence-corrected chi connectivity index (χ2v) is 6.21. The Morgan fingerprint density at radius 2 is 2.11 bits per heavy atom. The number of carbonyl (C=O) groups is 1. The number of aliphatic hydroxyl groups excluding tert-OH is 1. The molecule has 0 unspecified atom stereocenters. The van der Waals surface area contributed by atoms with Crippen LogP contribution in [0.5, 0.6) is 0 Å². The molecule has 0 aromatic rings. The Balaban J connectivity index is 2.13. The van der Waals surface area contributed by atoms with Crippen molar-refractivity contribution in [1.82, 2.24) is 4.90 Å². The van der Waals surface area contributed by atoms with Crippen LogP contribution >= 0.6 is 12.2 Å². The van der Waals surface area contributed by atoms with Gasteiger partial charge in [0.25, 0.3) is 0 Å². The van der Waals surface area contributed by atoms with Gasteiger partial charge < -0.3 is 15.7 Å². The Hall–Kier alpha value is -0.680. The van der Waals surface area contributed by atoms with Gasteiger partial charge in [0.15, 0.2) is 0 Å². The van der Waals surface area contributed by atoms with Crippen molar-refractivity contribution in [3.05, 3.63) is 0 Å². The van der Waals surface area contributed by atoms with Gasteiger partial charge in [-0.1, -0.05) is 19.1 Å². The topological polar surface area (TPSA) is 66.6 Å². The van der Waals surface area contributed by atoms with Gasteiger partial charge in [-0.05, 0) is 38.0 Å². The van der Waals surface area contributed by atoms with E-state index in [0.29, 0.717) is 17.5 Å². The van der Waals surface area contributed by atoms with Gasteiger partial charge in [0.1, 0.15) is 0 Å². The molecule has 0 atom stereocenters. The Kier molecular flexibility index (Phi) is 3.92. The minimum Gasteiger partial charge on any atom is -0.395 e. The van der Waals surface area contributed by atoms with Crippen molar-refractivity contribution in [2.45, 2.75) is 45.1 Å². The van der Waals surface area contributed by atoms with Gasteiger partial charge in [-0.15, -0.1) is 0 Å². The van der Waals surface area contributed by atoms with Crippen molar-refractivity contribution in [1.29, 1.82) is 0 Å². The van der Waals surface area contributed by atoms with Crippen LogP contribution in [0.4, 0.5) is 0 Å². The largest absolute Gasteiger partial charge is 0.395 e. The summed E-state index contributed by atoms with van der Waals surface area (Å²) in [4.78, 5) is 14.8. The maximum atomic E-state index is 12.7. The molecular formula is C13H22N2O2S. The molecule has 18 heavy (non-hydrogen) atoms. The Morgan fingerprint density at radius 3 is 2.44 bits per heavy atom. The fourth-order valence-corrected chi connectivity index (χ4v) is 3.40. The van der Waals surface area contributed by atoms with Crippen LogP contribution in [-0.2, 0) is 4.79 Å². The average molecular weight is 270 g/mol. The number of nitrogens with zero attached hydrogens (tertiary/aromatic N) is 1. The number of thiocarbonyl (C=S) groups is 1. The predicted molar refractivity (Wildman–Crippen MR) is 74.1 cm³/mol. The van der Waals surface area contributed by atoms with Crippen LogP contribution in [0.1, 0.15) is 39.0 Å². The molecule has 0 bridgehead atoms. The molecule has 0 spiro atoms. The molecule has 2 rings (SSSR count). The molecule has 2 saturated carbocycles. The summed E-state index contributed by atoms with van der Waals surface area (Å²) in [5, 5.41) is 9.14. The lowest BCUT2D eigenvalue weighted by Gasteiger charge is -2.49. The third kappa shape index (κ3) is 2.14. The number of hydrogen-bond donors (Lipinski definition) is 2. The molecule has 0 aromatic heterocycles. The van der Waals surface area contributed by atoms with Crippen molar-refractivity contribution in [3.8, 4) is 0 Å². The monoisotopic (exact) mass is 270 g/mol. The van der Waals surface area contributed by atoms with Crippen LogP contribution in [0, 0.1) is 11.3 Å². The molecule has 5 heteroatoms. The number of aliphatic hydroxyl groups is 1. The van der Waals surface area contributed by atoms with Gasteiger partial charge in [0, 0.05) is 12.6 Å². The molecule has 2 aliphatic rings. The van der Waals surface area contributed by atoms with Crippen LogP contribution in [0.15, 0.2) is 0 Å². The lowest BCUT2D eigenvalue weighted by Crippen LogP contribution is -2.60. The zero-order valence-electron chi connectivity index (χ0n) is 10.9. The van der Waals surface area contributed by atoms with Crippen molar-refractivity contribution in [2.24, 2.45) is 17.1 Å². The van der Waals surface area contributed by atoms with Gasteiger partial charge in [0.2, 0.25) is 5.91 Å². The molecule has 102 valence electrons. The van der Waals surface area contributed by atoms with E-state index in [4.69, 9.17) is 23.1 Å². The molecular weight excluding hydrogens is 248 g/mol. The first-order valence-corrected chi connectivity index (χ1v) is 7.14. The van der Waals surface area contributed by atoms with Crippen molar-refractivity contribution < 1.29 is 9.90 Å². The first-order chi connectivity index (χ1) is 8.51. The highest BCUT2D eigenvalue weighted by Crippen LogP contribution is 2.48. The minimum absolute atomic E-state index is 0.00517. The van der Waals surface area contributed by atoms with Crippen LogP contribution in [0.2, 0.25) is 0 Å². The van der Waals surface area contributed by atoms with E-state index in [9.17, 15) is 4.79 Å². The van der Waals surface area contributed by atoms with Crippen LogP contribution < -0.4 is 5.73 Å². The summed E-state index contributed by atoms with van der Waals surface area (Å²) in [5.74, 6) is 0.555. The van der Waals surface area contributed by atoms with Crippen LogP contribution in [-0.4, -0.2) is 40.1 Å². The van der Waals surface area contributed by atoms with Crippen molar-refractivity contribution in [3.63, 3.8) is 0 Å². The second-order valence-electron chi connectivity index (χ2n) is 5.77. The molecule has 0 aromatic carbocycles. The Morgan fingerprint density at radius 1 is 1.50 bits per heavy atom. The summed E-state index contributed by atoms with van der Waals surface area (Å²) in [7, 11) is 0. The summed E-state index contributed by atoms with van der Waals surface area (Å²) in [6, 6.07) is 0.284. The van der Waals surface area contributed by atoms with E-state index in [-0.39, 0.29) is 18.6 Å². The molecule has 4 nitrogen and oxygen atoms in total. The lowest BCUT2D eigenvalue weighted by atomic mass is 9.61. The molecule has 0 saturated heterocycles. The van der Waals surface area contributed by atoms with Gasteiger partial charge in [-0.25, -0.2) is 0 Å². The molecule has 0 heterocycles. The smallest absolute Gasteiger partial charge is 0.235 e. The number of nitrogens with two attached hydrogens (primary N) is 1. The lowest BCUT2D eigenvalue weighted by molar-refractivity contribution is -0.149. The van der Waals surface area contributed by atoms with Gasteiger partial charge in [-0.2, -0.15) is 0 Å². The highest BCUT2D eigenvalue weighted by atomic mass is 32.1. The minimum atomic E-state index is -0.625. The second kappa shape index (κ2) is 5.13. The van der Waals surface area contributed by atoms with Gasteiger partial charge in [-0.3, -0.25) is 4.79 Å². The zero-order valence-corrected chi connectivity index (χ0v) is 11.7. The van der Waals surface area contributed by atoms with Gasteiger partial charge >= 0.3 is 0 Å². The van der Waals surface area contributed by atoms with E-state index < -0.39 is 5.41 Å². The van der Waals surface area contributed by atoms with Crippen molar-refractivity contribution in [2.75, 3.05) is 13.2 Å². The molecule has 3 N–H and O–H groups in total. The highest BCUT2D eigenvalue weighted by Gasteiger charge is 2.53. The third-order valence-electron chi connectivity index (χ3n) is 4.39. The summed E-state index contributed by atoms with van der Waals surface area (Å²) >= 11 is 5.12. The van der Waals surface area contributed by atoms with Crippen LogP contribution in [0.3, 0.4) is 0 Å². The molecule has 2 fully saturated rings. The van der Waals surface area contributed by atoms with E-state index >= 15 is 0 Å². The fourth-order valence-electron chi connectivity index (χ4n) is 3.14. The first-order valence-electron chi connectivity index (χ1n) is 6.73. The fraction of sp³-hybridized carbons (Fsp3) is 0.846. The van der Waals surface area contributed by atoms with Gasteiger partial charge in [0.05, 0.1) is 17.0 Å². The number of hydrogen-bond acceptors (Lipinski definition) is 3. The van der Waals surface area contributed by atoms with Crippen LogP contribution in [0.25, 0.3) is 0 Å². The van der Waals surface area contributed by atoms with E-state index in [1.54, 1.807) is 0 Å². The normalized spacial score (nSPS) is 31.3. The SMILES string of the molecule is CC1CC(C(=O)N(CCO)C2CCC2)(C(N)=S)C1. The molecule has 1 amide bonds. The number of carbonyl (C=O) groups excluding carboxylic acids is 1. The molecule has 2 aliphatic carbocycles. The zero-order chi connectivity index (χ0) is 13.3. The van der Waals surface area contributed by atoms with E-state index in [0.717, 1.165) is 32.1 Å². The summed E-state index contributed by atoms with van der Waals surface area (Å²) in [5.41, 5.74) is 5.19. The third-order valence-corrected chi connectivity index (χ3v) is 4.78. The van der Waals surface area contributed by atoms with E-state index in [1.165, 1.54) is 0 Å². The average Bonchev–Trinajstić information content (AvgIpc) is 2.20. The number of rotatable bonds is 5. The maximum absolute atomic E-state index is 12.7. The quantitative estimate of drug-likeness (QED) is 0.733. The van der Waals surface area contributed by atoms with Crippen molar-refractivity contribution >= 4 is 23.1 Å². The Bertz CT molecular complexity index is 349. The Labute approximate surface area is 114 Å². The molecule has 0 aliphatic heterocycles. The highest BCUT2D eigenvalue weighted by molar-refractivity contribution is 7.80.